The summed E-state index contributed by atoms with van der Waals surface area (Å²) in [4.78, 5) is 50.1. The highest BCUT2D eigenvalue weighted by Gasteiger charge is 2.12. The van der Waals surface area contributed by atoms with Gasteiger partial charge in [0.2, 0.25) is 5.91 Å². The number of Topliss-reactive ketones (excluding diaryl/α,β-unsaturated/α-hetero) is 1. The van der Waals surface area contributed by atoms with Crippen molar-refractivity contribution in [3.05, 3.63) is 74.8 Å². The molecule has 1 aromatic heterocycles. The molecule has 0 saturated heterocycles. The normalized spacial score (nSPS) is 10.6. The van der Waals surface area contributed by atoms with E-state index in [4.69, 9.17) is 0 Å². The van der Waals surface area contributed by atoms with Crippen LogP contribution in [0.5, 0.6) is 0 Å². The van der Waals surface area contributed by atoms with Gasteiger partial charge < -0.3 is 5.32 Å². The van der Waals surface area contributed by atoms with Gasteiger partial charge in [-0.1, -0.05) is 0 Å². The van der Waals surface area contributed by atoms with Crippen molar-refractivity contribution in [3.63, 3.8) is 0 Å². The van der Waals surface area contributed by atoms with Crippen molar-refractivity contribution in [1.82, 2.24) is 9.55 Å². The third kappa shape index (κ3) is 3.87. The number of aromatic nitrogens is 2. The zero-order valence-corrected chi connectivity index (χ0v) is 14.2. The van der Waals surface area contributed by atoms with E-state index >= 15 is 0 Å². The van der Waals surface area contributed by atoms with Gasteiger partial charge in [0.05, 0.1) is 22.2 Å². The fraction of sp³-hybridized carbons (Fsp3) is 0.111. The first-order valence-electron chi connectivity index (χ1n) is 7.89. The zero-order chi connectivity index (χ0) is 19.6. The first-order valence-corrected chi connectivity index (χ1v) is 7.89. The topological polar surface area (TPSA) is 124 Å². The Labute approximate surface area is 152 Å². The molecule has 27 heavy (non-hydrogen) atoms. The molecular weight excluding hydrogens is 352 g/mol. The molecule has 3 aromatic rings. The van der Waals surface area contributed by atoms with Gasteiger partial charge in [-0.15, -0.1) is 0 Å². The highest BCUT2D eigenvalue weighted by Crippen LogP contribution is 2.16. The van der Waals surface area contributed by atoms with Crippen LogP contribution in [-0.2, 0) is 11.3 Å². The Morgan fingerprint density at radius 3 is 2.52 bits per heavy atom. The number of non-ortho nitro benzene ring substituents is 1. The Balaban J connectivity index is 1.79. The minimum Gasteiger partial charge on any atom is -0.325 e. The second-order valence-corrected chi connectivity index (χ2v) is 5.82. The van der Waals surface area contributed by atoms with Crippen molar-refractivity contribution in [2.24, 2.45) is 0 Å². The van der Waals surface area contributed by atoms with Crippen LogP contribution in [0.3, 0.4) is 0 Å². The number of hydrogen-bond donors (Lipinski definition) is 1. The van der Waals surface area contributed by atoms with Crippen LogP contribution < -0.4 is 10.9 Å². The van der Waals surface area contributed by atoms with Crippen molar-refractivity contribution in [1.29, 1.82) is 0 Å². The molecule has 1 amide bonds. The number of fused-ring (bicyclic) bond motifs is 1. The van der Waals surface area contributed by atoms with Gasteiger partial charge in [-0.05, 0) is 37.3 Å². The number of carbonyl (C=O) groups is 2. The minimum atomic E-state index is -0.572. The standard InChI is InChI=1S/C18H14N4O5/c1-11(23)12-2-4-13(5-3-12)20-17(24)9-21-10-19-16-8-14(22(26)27)6-7-15(16)18(21)25/h2-8,10H,9H2,1H3,(H,20,24). The molecule has 9 nitrogen and oxygen atoms in total. The molecular formula is C18H14N4O5. The number of nitrogens with one attached hydrogen (secondary N) is 1. The Morgan fingerprint density at radius 2 is 1.89 bits per heavy atom. The average molecular weight is 366 g/mol. The van der Waals surface area contributed by atoms with Crippen molar-refractivity contribution in [2.45, 2.75) is 13.5 Å². The minimum absolute atomic E-state index is 0.0816. The molecule has 0 atom stereocenters. The summed E-state index contributed by atoms with van der Waals surface area (Å²) in [5.74, 6) is -0.530. The van der Waals surface area contributed by atoms with Crippen LogP contribution in [0, 0.1) is 10.1 Å². The molecule has 0 aliphatic rings. The van der Waals surface area contributed by atoms with Gasteiger partial charge in [-0.3, -0.25) is 29.1 Å². The van der Waals surface area contributed by atoms with E-state index in [1.54, 1.807) is 24.3 Å². The fourth-order valence-electron chi connectivity index (χ4n) is 2.52. The van der Waals surface area contributed by atoms with Crippen molar-refractivity contribution in [2.75, 3.05) is 5.32 Å². The van der Waals surface area contributed by atoms with Crippen LogP contribution in [0.2, 0.25) is 0 Å². The van der Waals surface area contributed by atoms with E-state index in [1.165, 1.54) is 31.5 Å². The summed E-state index contributed by atoms with van der Waals surface area (Å²) >= 11 is 0. The Kier molecular flexibility index (Phi) is 4.75. The van der Waals surface area contributed by atoms with Crippen LogP contribution in [0.1, 0.15) is 17.3 Å². The van der Waals surface area contributed by atoms with Gasteiger partial charge in [0.1, 0.15) is 6.54 Å². The van der Waals surface area contributed by atoms with Gasteiger partial charge in [0, 0.05) is 23.4 Å². The SMILES string of the molecule is CC(=O)c1ccc(NC(=O)Cn2cnc3cc([N+](=O)[O-])ccc3c2=O)cc1. The summed E-state index contributed by atoms with van der Waals surface area (Å²) < 4.78 is 1.12. The quantitative estimate of drug-likeness (QED) is 0.419. The summed E-state index contributed by atoms with van der Waals surface area (Å²) in [6.07, 6.45) is 1.17. The Bertz CT molecular complexity index is 1120. The number of amides is 1. The highest BCUT2D eigenvalue weighted by molar-refractivity contribution is 5.95. The molecule has 0 aliphatic heterocycles. The van der Waals surface area contributed by atoms with Gasteiger partial charge in [-0.25, -0.2) is 4.98 Å². The summed E-state index contributed by atoms with van der Waals surface area (Å²) in [6, 6.07) is 10.1. The number of nitro groups is 1. The van der Waals surface area contributed by atoms with E-state index in [1.807, 2.05) is 0 Å². The Morgan fingerprint density at radius 1 is 1.19 bits per heavy atom. The predicted octanol–water partition coefficient (Wildman–Crippen LogP) is 2.15. The number of hydrogen-bond acceptors (Lipinski definition) is 6. The number of nitro benzene ring substituents is 1. The maximum absolute atomic E-state index is 12.5. The number of anilines is 1. The van der Waals surface area contributed by atoms with E-state index in [0.29, 0.717) is 11.3 Å². The molecule has 0 fully saturated rings. The number of ketones is 1. The largest absolute Gasteiger partial charge is 0.325 e. The molecule has 0 spiro atoms. The number of nitrogens with zero attached hydrogens (tertiary/aromatic N) is 3. The van der Waals surface area contributed by atoms with E-state index in [9.17, 15) is 24.5 Å². The monoisotopic (exact) mass is 366 g/mol. The van der Waals surface area contributed by atoms with Crippen LogP contribution >= 0.6 is 0 Å². The molecule has 136 valence electrons. The molecule has 0 unspecified atom stereocenters. The number of carbonyl (C=O) groups excluding carboxylic acids is 2. The van der Waals surface area contributed by atoms with Crippen LogP contribution in [0.4, 0.5) is 11.4 Å². The van der Waals surface area contributed by atoms with Crippen molar-refractivity contribution >= 4 is 34.0 Å². The van der Waals surface area contributed by atoms with Gasteiger partial charge in [0.15, 0.2) is 5.78 Å². The summed E-state index contributed by atoms with van der Waals surface area (Å²) in [6.45, 7) is 1.18. The summed E-state index contributed by atoms with van der Waals surface area (Å²) in [7, 11) is 0. The molecule has 0 bridgehead atoms. The van der Waals surface area contributed by atoms with Crippen molar-refractivity contribution < 1.29 is 14.5 Å². The van der Waals surface area contributed by atoms with Crippen LogP contribution in [0.15, 0.2) is 53.6 Å². The molecule has 9 heteroatoms. The first kappa shape index (κ1) is 17.9. The number of benzene rings is 2. The van der Waals surface area contributed by atoms with Gasteiger partial charge >= 0.3 is 0 Å². The molecule has 0 radical (unpaired) electrons. The van der Waals surface area contributed by atoms with Gasteiger partial charge in [-0.2, -0.15) is 0 Å². The second-order valence-electron chi connectivity index (χ2n) is 5.82. The summed E-state index contributed by atoms with van der Waals surface area (Å²) in [5, 5.41) is 13.6. The van der Waals surface area contributed by atoms with E-state index in [0.717, 1.165) is 4.57 Å². The maximum Gasteiger partial charge on any atom is 0.271 e. The highest BCUT2D eigenvalue weighted by atomic mass is 16.6. The lowest BCUT2D eigenvalue weighted by Crippen LogP contribution is -2.27. The smallest absolute Gasteiger partial charge is 0.271 e. The average Bonchev–Trinajstić information content (AvgIpc) is 2.64. The maximum atomic E-state index is 12.5. The van der Waals surface area contributed by atoms with Crippen LogP contribution in [-0.4, -0.2) is 26.2 Å². The van der Waals surface area contributed by atoms with E-state index < -0.39 is 16.4 Å². The molecule has 1 heterocycles. The number of rotatable bonds is 5. The third-order valence-corrected chi connectivity index (χ3v) is 3.91. The third-order valence-electron chi connectivity index (χ3n) is 3.91. The predicted molar refractivity (Wildman–Crippen MR) is 97.7 cm³/mol. The molecule has 1 N–H and O–H groups in total. The zero-order valence-electron chi connectivity index (χ0n) is 14.2. The fourth-order valence-corrected chi connectivity index (χ4v) is 2.52. The molecule has 2 aromatic carbocycles. The van der Waals surface area contributed by atoms with E-state index in [-0.39, 0.29) is 28.9 Å². The van der Waals surface area contributed by atoms with E-state index in [2.05, 4.69) is 10.3 Å². The first-order chi connectivity index (χ1) is 12.8. The molecule has 0 aliphatic carbocycles. The lowest BCUT2D eigenvalue weighted by molar-refractivity contribution is -0.384. The molecule has 0 saturated carbocycles. The lowest BCUT2D eigenvalue weighted by atomic mass is 10.1. The lowest BCUT2D eigenvalue weighted by Gasteiger charge is -2.08. The second kappa shape index (κ2) is 7.16. The van der Waals surface area contributed by atoms with Crippen LogP contribution in [0.25, 0.3) is 10.9 Å². The molecule has 3 rings (SSSR count). The van der Waals surface area contributed by atoms with Crippen molar-refractivity contribution in [3.8, 4) is 0 Å². The summed E-state index contributed by atoms with van der Waals surface area (Å²) in [5.41, 5.74) is 0.556. The van der Waals surface area contributed by atoms with Gasteiger partial charge in [0.25, 0.3) is 11.2 Å². The Hall–Kier alpha value is -3.88.